The minimum atomic E-state index is -3.69. The van der Waals surface area contributed by atoms with E-state index in [1.54, 1.807) is 0 Å². The highest BCUT2D eigenvalue weighted by Gasteiger charge is 2.26. The molecule has 1 N–H and O–H groups in total. The second-order valence-corrected chi connectivity index (χ2v) is 10.8. The minimum absolute atomic E-state index is 0.0355. The number of rotatable bonds is 6. The van der Waals surface area contributed by atoms with E-state index in [-0.39, 0.29) is 23.3 Å². The van der Waals surface area contributed by atoms with Crippen LogP contribution in [0.3, 0.4) is 0 Å². The summed E-state index contributed by atoms with van der Waals surface area (Å²) in [5, 5.41) is 4.36. The lowest BCUT2D eigenvalue weighted by atomic mass is 9.83. The Morgan fingerprint density at radius 3 is 2.32 bits per heavy atom. The maximum Gasteiger partial charge on any atom is 0.229 e. The van der Waals surface area contributed by atoms with Crippen LogP contribution in [0.4, 0.5) is 20.4 Å². The minimum Gasteiger partial charge on any atom is -0.392 e. The number of piperidine rings is 1. The molecular weight excluding hydrogens is 464 g/mol. The highest BCUT2D eigenvalue weighted by Crippen LogP contribution is 2.35. The van der Waals surface area contributed by atoms with Crippen LogP contribution in [0.2, 0.25) is 0 Å². The van der Waals surface area contributed by atoms with E-state index in [0.717, 1.165) is 61.5 Å². The Hall–Kier alpha value is -2.82. The molecular formula is C23H29F2N5O3S. The molecule has 1 saturated heterocycles. The first-order valence-corrected chi connectivity index (χ1v) is 13.3. The monoisotopic (exact) mass is 493 g/mol. The average Bonchev–Trinajstić information content (AvgIpc) is 2.80. The first kappa shape index (κ1) is 24.3. The molecule has 1 aliphatic heterocycles. The highest BCUT2D eigenvalue weighted by atomic mass is 32.2. The van der Waals surface area contributed by atoms with Crippen LogP contribution in [-0.2, 0) is 14.9 Å². The molecule has 34 heavy (non-hydrogen) atoms. The topological polar surface area (TPSA) is 96.8 Å². The van der Waals surface area contributed by atoms with E-state index < -0.39 is 21.7 Å². The molecule has 2 aromatic rings. The van der Waals surface area contributed by atoms with Gasteiger partial charge in [-0.15, -0.1) is 0 Å². The summed E-state index contributed by atoms with van der Waals surface area (Å²) in [7, 11) is -3.69. The molecule has 8 nitrogen and oxygen atoms in total. The molecule has 0 amide bonds. The summed E-state index contributed by atoms with van der Waals surface area (Å²) in [6.45, 7) is 3.56. The fourth-order valence-electron chi connectivity index (χ4n) is 4.37. The van der Waals surface area contributed by atoms with E-state index in [2.05, 4.69) is 20.0 Å². The molecule has 0 unspecified atom stereocenters. The van der Waals surface area contributed by atoms with E-state index in [0.29, 0.717) is 25.7 Å². The summed E-state index contributed by atoms with van der Waals surface area (Å²) >= 11 is 0. The van der Waals surface area contributed by atoms with Gasteiger partial charge in [0.1, 0.15) is 17.7 Å². The summed E-state index contributed by atoms with van der Waals surface area (Å²) < 4.78 is 53.6. The predicted molar refractivity (Wildman–Crippen MR) is 127 cm³/mol. The Kier molecular flexibility index (Phi) is 7.30. The predicted octanol–water partition coefficient (Wildman–Crippen LogP) is 4.13. The van der Waals surface area contributed by atoms with Crippen LogP contribution in [0, 0.1) is 18.6 Å². The van der Waals surface area contributed by atoms with Gasteiger partial charge in [0.05, 0.1) is 17.7 Å². The highest BCUT2D eigenvalue weighted by molar-refractivity contribution is 7.92. The van der Waals surface area contributed by atoms with Crippen LogP contribution in [0.15, 0.2) is 29.7 Å². The van der Waals surface area contributed by atoms with E-state index >= 15 is 0 Å². The number of sulfonamides is 1. The smallest absolute Gasteiger partial charge is 0.229 e. The standard InChI is InChI=1S/C23H29F2N5O3S/c1-15-13-26-23(27-14-15)30-9-7-18(8-10-30)33-28-17-5-3-16(4-6-17)19-11-21(25)22(12-20(19)24)29-34(2,31)32/h11-14,16,18,29H,3-10H2,1-2H3. The molecule has 184 valence electrons. The summed E-state index contributed by atoms with van der Waals surface area (Å²) in [6.07, 6.45) is 8.75. The summed E-state index contributed by atoms with van der Waals surface area (Å²) in [5.41, 5.74) is 1.84. The van der Waals surface area contributed by atoms with E-state index in [9.17, 15) is 17.2 Å². The lowest BCUT2D eigenvalue weighted by Gasteiger charge is -2.31. The van der Waals surface area contributed by atoms with Crippen molar-refractivity contribution in [1.82, 2.24) is 9.97 Å². The van der Waals surface area contributed by atoms with Crippen molar-refractivity contribution in [2.45, 2.75) is 57.5 Å². The van der Waals surface area contributed by atoms with E-state index in [1.807, 2.05) is 24.0 Å². The van der Waals surface area contributed by atoms with Gasteiger partial charge in [-0.25, -0.2) is 27.2 Å². The van der Waals surface area contributed by atoms with E-state index in [1.165, 1.54) is 0 Å². The second-order valence-electron chi connectivity index (χ2n) is 9.01. The average molecular weight is 494 g/mol. The molecule has 1 aromatic carbocycles. The Balaban J connectivity index is 1.27. The van der Waals surface area contributed by atoms with Crippen LogP contribution >= 0.6 is 0 Å². The zero-order valence-electron chi connectivity index (χ0n) is 19.3. The van der Waals surface area contributed by atoms with Crippen molar-refractivity contribution < 1.29 is 22.0 Å². The van der Waals surface area contributed by atoms with Gasteiger partial charge >= 0.3 is 0 Å². The first-order valence-electron chi connectivity index (χ1n) is 11.4. The Bertz CT molecular complexity index is 1140. The Labute approximate surface area is 198 Å². The van der Waals surface area contributed by atoms with Gasteiger partial charge in [-0.2, -0.15) is 0 Å². The molecule has 2 fully saturated rings. The van der Waals surface area contributed by atoms with Crippen molar-refractivity contribution in [1.29, 1.82) is 0 Å². The maximum atomic E-state index is 14.6. The third-order valence-electron chi connectivity index (χ3n) is 6.21. The molecule has 2 heterocycles. The number of hydrogen-bond acceptors (Lipinski definition) is 7. The van der Waals surface area contributed by atoms with Crippen molar-refractivity contribution in [2.75, 3.05) is 29.0 Å². The maximum absolute atomic E-state index is 14.6. The van der Waals surface area contributed by atoms with Crippen LogP contribution < -0.4 is 9.62 Å². The number of aryl methyl sites for hydroxylation is 1. The number of nitrogens with zero attached hydrogens (tertiary/aromatic N) is 4. The van der Waals surface area contributed by atoms with Gasteiger partial charge in [-0.3, -0.25) is 4.72 Å². The van der Waals surface area contributed by atoms with Gasteiger partial charge in [0, 0.05) is 44.4 Å². The summed E-state index contributed by atoms with van der Waals surface area (Å²) in [4.78, 5) is 16.7. The number of halogens is 2. The number of nitrogens with one attached hydrogen (secondary N) is 1. The molecule has 2 aliphatic rings. The van der Waals surface area contributed by atoms with Gasteiger partial charge in [-0.1, -0.05) is 5.16 Å². The van der Waals surface area contributed by atoms with Gasteiger partial charge < -0.3 is 9.74 Å². The molecule has 4 rings (SSSR count). The second kappa shape index (κ2) is 10.2. The van der Waals surface area contributed by atoms with Gasteiger partial charge in [0.25, 0.3) is 0 Å². The van der Waals surface area contributed by atoms with Crippen LogP contribution in [0.25, 0.3) is 0 Å². The molecule has 1 aliphatic carbocycles. The quantitative estimate of drug-likeness (QED) is 0.608. The lowest BCUT2D eigenvalue weighted by Crippen LogP contribution is -2.37. The van der Waals surface area contributed by atoms with Gasteiger partial charge in [0.15, 0.2) is 0 Å². The number of benzene rings is 1. The van der Waals surface area contributed by atoms with Crippen LogP contribution in [0.1, 0.15) is 55.6 Å². The Morgan fingerprint density at radius 2 is 1.71 bits per heavy atom. The zero-order chi connectivity index (χ0) is 24.3. The molecule has 1 aromatic heterocycles. The number of anilines is 2. The van der Waals surface area contributed by atoms with Crippen LogP contribution in [-0.4, -0.2) is 49.5 Å². The van der Waals surface area contributed by atoms with E-state index in [4.69, 9.17) is 4.84 Å². The number of oxime groups is 1. The van der Waals surface area contributed by atoms with Crippen molar-refractivity contribution in [3.63, 3.8) is 0 Å². The Morgan fingerprint density at radius 1 is 1.06 bits per heavy atom. The van der Waals surface area contributed by atoms with Crippen molar-refractivity contribution in [3.8, 4) is 0 Å². The van der Waals surface area contributed by atoms with Gasteiger partial charge in [0.2, 0.25) is 16.0 Å². The largest absolute Gasteiger partial charge is 0.392 e. The zero-order valence-corrected chi connectivity index (χ0v) is 20.1. The molecule has 0 spiro atoms. The molecule has 0 atom stereocenters. The summed E-state index contributed by atoms with van der Waals surface area (Å²) in [6, 6.07) is 2.00. The number of hydrogen-bond donors (Lipinski definition) is 1. The third-order valence-corrected chi connectivity index (χ3v) is 6.80. The fraction of sp³-hybridized carbons (Fsp3) is 0.522. The fourth-order valence-corrected chi connectivity index (χ4v) is 4.92. The SMILES string of the molecule is Cc1cnc(N2CCC(ON=C3CCC(c4cc(F)c(NS(C)(=O)=O)cc4F)CC3)CC2)nc1. The lowest BCUT2D eigenvalue weighted by molar-refractivity contribution is 0.0406. The van der Waals surface area contributed by atoms with Crippen molar-refractivity contribution in [3.05, 3.63) is 47.3 Å². The molecule has 1 saturated carbocycles. The molecule has 11 heteroatoms. The van der Waals surface area contributed by atoms with Crippen molar-refractivity contribution in [2.24, 2.45) is 5.16 Å². The number of aromatic nitrogens is 2. The third kappa shape index (κ3) is 6.19. The van der Waals surface area contributed by atoms with Gasteiger partial charge in [-0.05, 0) is 55.7 Å². The summed E-state index contributed by atoms with van der Waals surface area (Å²) in [5.74, 6) is -0.818. The van der Waals surface area contributed by atoms with Crippen molar-refractivity contribution >= 4 is 27.4 Å². The first-order chi connectivity index (χ1) is 16.2. The molecule has 0 bridgehead atoms. The molecule has 0 radical (unpaired) electrons. The normalized spacial score (nSPS) is 19.7. The van der Waals surface area contributed by atoms with Crippen LogP contribution in [0.5, 0.6) is 0 Å².